The summed E-state index contributed by atoms with van der Waals surface area (Å²) in [4.78, 5) is 16.5. The van der Waals surface area contributed by atoms with Crippen molar-refractivity contribution in [2.24, 2.45) is 0 Å². The number of aliphatic hydroxyl groups is 1. The lowest BCUT2D eigenvalue weighted by atomic mass is 10.2. The summed E-state index contributed by atoms with van der Waals surface area (Å²) >= 11 is 0. The van der Waals surface area contributed by atoms with Crippen molar-refractivity contribution in [3.8, 4) is 5.88 Å². The molecule has 25 heavy (non-hydrogen) atoms. The van der Waals surface area contributed by atoms with Crippen molar-refractivity contribution in [1.82, 2.24) is 10.3 Å². The quantitative estimate of drug-likeness (QED) is 0.692. The topological polar surface area (TPSA) is 84.6 Å². The summed E-state index contributed by atoms with van der Waals surface area (Å²) in [6.07, 6.45) is 3.00. The number of aliphatic hydroxyl groups excluding tert-OH is 1. The number of nitrogens with one attached hydrogen (secondary N) is 1. The summed E-state index contributed by atoms with van der Waals surface area (Å²) in [6, 6.07) is 15.6. The van der Waals surface area contributed by atoms with Gasteiger partial charge < -0.3 is 19.6 Å². The molecule has 0 aliphatic carbocycles. The van der Waals surface area contributed by atoms with Gasteiger partial charge >= 0.3 is 0 Å². The normalized spacial score (nSPS) is 11.7. The molecule has 0 saturated heterocycles. The first kappa shape index (κ1) is 16.7. The van der Waals surface area contributed by atoms with E-state index >= 15 is 0 Å². The van der Waals surface area contributed by atoms with Crippen LogP contribution in [0.3, 0.4) is 0 Å². The number of carbonyl (C=O) groups excluding carboxylic acids is 1. The van der Waals surface area contributed by atoms with E-state index in [0.717, 1.165) is 5.56 Å². The van der Waals surface area contributed by atoms with Crippen LogP contribution in [0.25, 0.3) is 0 Å². The predicted molar refractivity (Wildman–Crippen MR) is 91.0 cm³/mol. The van der Waals surface area contributed by atoms with Gasteiger partial charge in [0.15, 0.2) is 0 Å². The van der Waals surface area contributed by atoms with Crippen molar-refractivity contribution in [2.45, 2.75) is 12.6 Å². The van der Waals surface area contributed by atoms with Crippen LogP contribution in [0.15, 0.2) is 71.5 Å². The highest BCUT2D eigenvalue weighted by molar-refractivity contribution is 5.94. The first-order chi connectivity index (χ1) is 12.3. The van der Waals surface area contributed by atoms with Crippen LogP contribution in [0.1, 0.15) is 27.7 Å². The van der Waals surface area contributed by atoms with Crippen LogP contribution in [-0.4, -0.2) is 22.6 Å². The largest absolute Gasteiger partial charge is 0.473 e. The molecule has 0 fully saturated rings. The van der Waals surface area contributed by atoms with Crippen LogP contribution in [0.4, 0.5) is 0 Å². The number of ether oxygens (including phenoxy) is 1. The smallest absolute Gasteiger partial charge is 0.252 e. The highest BCUT2D eigenvalue weighted by atomic mass is 16.5. The summed E-state index contributed by atoms with van der Waals surface area (Å²) in [5.74, 6) is 0.503. The summed E-state index contributed by atoms with van der Waals surface area (Å²) in [5.41, 5.74) is 1.40. The zero-order chi connectivity index (χ0) is 17.5. The van der Waals surface area contributed by atoms with Crippen LogP contribution in [0.5, 0.6) is 5.88 Å². The minimum absolute atomic E-state index is 0.262. The number of rotatable bonds is 7. The second-order valence-electron chi connectivity index (χ2n) is 5.38. The molecule has 1 atom stereocenters. The summed E-state index contributed by atoms with van der Waals surface area (Å²) < 4.78 is 10.9. The van der Waals surface area contributed by atoms with Gasteiger partial charge in [-0.15, -0.1) is 0 Å². The van der Waals surface area contributed by atoms with E-state index in [1.54, 1.807) is 24.3 Å². The average Bonchev–Trinajstić information content (AvgIpc) is 3.20. The number of nitrogens with zero attached hydrogens (tertiary/aromatic N) is 1. The zero-order valence-corrected chi connectivity index (χ0v) is 13.5. The molecule has 2 aromatic heterocycles. The monoisotopic (exact) mass is 338 g/mol. The predicted octanol–water partition coefficient (Wildman–Crippen LogP) is 2.72. The van der Waals surface area contributed by atoms with Crippen molar-refractivity contribution in [1.29, 1.82) is 0 Å². The van der Waals surface area contributed by atoms with Crippen molar-refractivity contribution in [3.05, 3.63) is 83.9 Å². The maximum absolute atomic E-state index is 12.4. The third-order valence-electron chi connectivity index (χ3n) is 3.60. The van der Waals surface area contributed by atoms with Gasteiger partial charge in [0.05, 0.1) is 12.9 Å². The second-order valence-corrected chi connectivity index (χ2v) is 5.38. The Morgan fingerprint density at radius 1 is 1.20 bits per heavy atom. The van der Waals surface area contributed by atoms with Gasteiger partial charge in [0, 0.05) is 17.8 Å². The van der Waals surface area contributed by atoms with E-state index in [1.807, 2.05) is 30.3 Å². The molecule has 0 saturated carbocycles. The first-order valence-corrected chi connectivity index (χ1v) is 7.84. The Balaban J connectivity index is 1.65. The molecule has 2 N–H and O–H groups in total. The summed E-state index contributed by atoms with van der Waals surface area (Å²) in [7, 11) is 0. The highest BCUT2D eigenvalue weighted by Crippen LogP contribution is 2.16. The molecular formula is C19H18N2O4. The molecule has 0 aliphatic heterocycles. The lowest BCUT2D eigenvalue weighted by Gasteiger charge is -2.14. The van der Waals surface area contributed by atoms with Gasteiger partial charge in [-0.1, -0.05) is 30.3 Å². The third-order valence-corrected chi connectivity index (χ3v) is 3.60. The van der Waals surface area contributed by atoms with Gasteiger partial charge in [0.1, 0.15) is 18.4 Å². The van der Waals surface area contributed by atoms with Gasteiger partial charge in [-0.2, -0.15) is 0 Å². The van der Waals surface area contributed by atoms with Crippen molar-refractivity contribution in [2.75, 3.05) is 6.61 Å². The Morgan fingerprint density at radius 3 is 2.76 bits per heavy atom. The lowest BCUT2D eigenvalue weighted by Crippen LogP contribution is -2.30. The molecule has 0 bridgehead atoms. The van der Waals surface area contributed by atoms with Gasteiger partial charge in [-0.25, -0.2) is 4.98 Å². The van der Waals surface area contributed by atoms with E-state index in [2.05, 4.69) is 10.3 Å². The van der Waals surface area contributed by atoms with Crippen LogP contribution in [-0.2, 0) is 6.61 Å². The number of furan rings is 1. The van der Waals surface area contributed by atoms with Gasteiger partial charge in [-0.05, 0) is 23.8 Å². The molecule has 6 heteroatoms. The fraction of sp³-hybridized carbons (Fsp3) is 0.158. The van der Waals surface area contributed by atoms with Gasteiger partial charge in [0.2, 0.25) is 5.88 Å². The molecule has 3 aromatic rings. The number of hydrogen-bond acceptors (Lipinski definition) is 5. The standard InChI is InChI=1S/C19H18N2O4/c22-12-16(17-7-4-10-24-17)21-19(23)15-8-9-20-18(11-15)25-13-14-5-2-1-3-6-14/h1-11,16,22H,12-13H2,(H,21,23). The maximum Gasteiger partial charge on any atom is 0.252 e. The summed E-state index contributed by atoms with van der Waals surface area (Å²) in [6.45, 7) is 0.103. The maximum atomic E-state index is 12.4. The number of aromatic nitrogens is 1. The highest BCUT2D eigenvalue weighted by Gasteiger charge is 2.17. The number of amides is 1. The number of benzene rings is 1. The second kappa shape index (κ2) is 8.12. The van der Waals surface area contributed by atoms with Crippen molar-refractivity contribution >= 4 is 5.91 Å². The van der Waals surface area contributed by atoms with Crippen molar-refractivity contribution in [3.63, 3.8) is 0 Å². The lowest BCUT2D eigenvalue weighted by molar-refractivity contribution is 0.0906. The Kier molecular flexibility index (Phi) is 5.43. The number of pyridine rings is 1. The first-order valence-electron chi connectivity index (χ1n) is 7.84. The van der Waals surface area contributed by atoms with Crippen LogP contribution in [0, 0.1) is 0 Å². The molecule has 0 aliphatic rings. The van der Waals surface area contributed by atoms with Gasteiger partial charge in [0.25, 0.3) is 5.91 Å². The third kappa shape index (κ3) is 4.45. The molecule has 1 amide bonds. The molecule has 0 radical (unpaired) electrons. The molecule has 3 rings (SSSR count). The van der Waals surface area contributed by atoms with Gasteiger partial charge in [-0.3, -0.25) is 4.79 Å². The summed E-state index contributed by atoms with van der Waals surface area (Å²) in [5, 5.41) is 12.2. The molecule has 2 heterocycles. The van der Waals surface area contributed by atoms with E-state index < -0.39 is 6.04 Å². The Bertz CT molecular complexity index is 803. The zero-order valence-electron chi connectivity index (χ0n) is 13.5. The number of carbonyl (C=O) groups is 1. The van der Waals surface area contributed by atoms with E-state index in [4.69, 9.17) is 9.15 Å². The molecule has 6 nitrogen and oxygen atoms in total. The fourth-order valence-electron chi connectivity index (χ4n) is 2.30. The van der Waals surface area contributed by atoms with Crippen molar-refractivity contribution < 1.29 is 19.1 Å². The molecular weight excluding hydrogens is 320 g/mol. The fourth-order valence-corrected chi connectivity index (χ4v) is 2.30. The van der Waals surface area contributed by atoms with E-state index in [9.17, 15) is 9.90 Å². The van der Waals surface area contributed by atoms with Crippen LogP contribution >= 0.6 is 0 Å². The van der Waals surface area contributed by atoms with Crippen LogP contribution < -0.4 is 10.1 Å². The SMILES string of the molecule is O=C(NC(CO)c1ccco1)c1ccnc(OCc2ccccc2)c1. The molecule has 1 unspecified atom stereocenters. The minimum Gasteiger partial charge on any atom is -0.473 e. The van der Waals surface area contributed by atoms with E-state index in [-0.39, 0.29) is 12.5 Å². The molecule has 1 aromatic carbocycles. The molecule has 0 spiro atoms. The Hall–Kier alpha value is -3.12. The minimum atomic E-state index is -0.607. The Labute approximate surface area is 145 Å². The van der Waals surface area contributed by atoms with E-state index in [1.165, 1.54) is 12.5 Å². The molecule has 128 valence electrons. The Morgan fingerprint density at radius 2 is 2.04 bits per heavy atom. The average molecular weight is 338 g/mol. The van der Waals surface area contributed by atoms with E-state index in [0.29, 0.717) is 23.8 Å². The number of hydrogen-bond donors (Lipinski definition) is 2. The van der Waals surface area contributed by atoms with Crippen LogP contribution in [0.2, 0.25) is 0 Å².